The Hall–Kier alpha value is -1.45. The summed E-state index contributed by atoms with van der Waals surface area (Å²) in [6.07, 6.45) is 1.55. The summed E-state index contributed by atoms with van der Waals surface area (Å²) in [6, 6.07) is 9.16. The van der Waals surface area contributed by atoms with E-state index in [9.17, 15) is 4.79 Å². The summed E-state index contributed by atoms with van der Waals surface area (Å²) in [4.78, 5) is 11.7. The van der Waals surface area contributed by atoms with Gasteiger partial charge in [0.15, 0.2) is 0 Å². The normalized spacial score (nSPS) is 10.5. The number of rotatable bonds is 4. The smallest absolute Gasteiger partial charge is 0.269 e. The predicted octanol–water partition coefficient (Wildman–Crippen LogP) is 3.54. The Kier molecular flexibility index (Phi) is 4.51. The Morgan fingerprint density at radius 2 is 1.89 bits per heavy atom. The van der Waals surface area contributed by atoms with Gasteiger partial charge in [-0.15, -0.1) is 0 Å². The van der Waals surface area contributed by atoms with Crippen LogP contribution in [0.3, 0.4) is 0 Å². The van der Waals surface area contributed by atoms with E-state index in [-0.39, 0.29) is 10.6 Å². The van der Waals surface area contributed by atoms with Crippen molar-refractivity contribution in [2.45, 2.75) is 13.5 Å². The molecule has 0 amide bonds. The molecule has 1 aromatic heterocycles. The van der Waals surface area contributed by atoms with Crippen LogP contribution in [0.4, 0.5) is 0 Å². The van der Waals surface area contributed by atoms with Crippen molar-refractivity contribution in [2.75, 3.05) is 6.61 Å². The fraction of sp³-hybridized carbons (Fsp3) is 0.214. The number of hydrogen-bond acceptors (Lipinski definition) is 2. The standard InChI is InChI=1S/C14H13Cl2NO2/c1-10-2-4-12(5-3-10)19-7-6-17-9-11(15)8-13(16)14(17)18/h2-5,8-9H,6-7H2,1H3. The van der Waals surface area contributed by atoms with Gasteiger partial charge in [0.25, 0.3) is 5.56 Å². The summed E-state index contributed by atoms with van der Waals surface area (Å²) < 4.78 is 7.00. The first-order chi connectivity index (χ1) is 9.06. The van der Waals surface area contributed by atoms with Gasteiger partial charge in [0.1, 0.15) is 17.4 Å². The van der Waals surface area contributed by atoms with Crippen LogP contribution in [-0.4, -0.2) is 11.2 Å². The molecule has 0 saturated carbocycles. The molecule has 1 aromatic carbocycles. The van der Waals surface area contributed by atoms with Gasteiger partial charge in [-0.2, -0.15) is 0 Å². The van der Waals surface area contributed by atoms with Crippen LogP contribution in [0.5, 0.6) is 5.75 Å². The van der Waals surface area contributed by atoms with Gasteiger partial charge in [-0.3, -0.25) is 4.79 Å². The van der Waals surface area contributed by atoms with Crippen LogP contribution in [0.25, 0.3) is 0 Å². The van der Waals surface area contributed by atoms with E-state index in [0.29, 0.717) is 18.2 Å². The molecular formula is C14H13Cl2NO2. The first kappa shape index (κ1) is 14.0. The van der Waals surface area contributed by atoms with Crippen LogP contribution < -0.4 is 10.3 Å². The number of aryl methyl sites for hydroxylation is 1. The highest BCUT2D eigenvalue weighted by atomic mass is 35.5. The van der Waals surface area contributed by atoms with Crippen molar-refractivity contribution in [3.8, 4) is 5.75 Å². The molecule has 3 nitrogen and oxygen atoms in total. The molecule has 0 saturated heterocycles. The minimum Gasteiger partial charge on any atom is -0.492 e. The number of hydrogen-bond donors (Lipinski definition) is 0. The van der Waals surface area contributed by atoms with E-state index in [1.165, 1.54) is 16.2 Å². The number of nitrogens with zero attached hydrogens (tertiary/aromatic N) is 1. The molecule has 100 valence electrons. The van der Waals surface area contributed by atoms with Gasteiger partial charge in [-0.25, -0.2) is 0 Å². The zero-order valence-corrected chi connectivity index (χ0v) is 11.9. The maximum absolute atomic E-state index is 11.7. The van der Waals surface area contributed by atoms with E-state index >= 15 is 0 Å². The van der Waals surface area contributed by atoms with E-state index in [1.807, 2.05) is 31.2 Å². The first-order valence-electron chi connectivity index (χ1n) is 5.81. The molecule has 0 spiro atoms. The molecule has 0 atom stereocenters. The third kappa shape index (κ3) is 3.75. The lowest BCUT2D eigenvalue weighted by Gasteiger charge is -2.09. The van der Waals surface area contributed by atoms with Gasteiger partial charge in [0.05, 0.1) is 11.6 Å². The molecule has 5 heteroatoms. The summed E-state index contributed by atoms with van der Waals surface area (Å²) >= 11 is 11.6. The Morgan fingerprint density at radius 3 is 2.58 bits per heavy atom. The number of aromatic nitrogens is 1. The van der Waals surface area contributed by atoms with Crippen molar-refractivity contribution >= 4 is 23.2 Å². The molecule has 0 radical (unpaired) electrons. The fourth-order valence-electron chi connectivity index (χ4n) is 1.63. The second kappa shape index (κ2) is 6.13. The van der Waals surface area contributed by atoms with Gasteiger partial charge in [0.2, 0.25) is 0 Å². The van der Waals surface area contributed by atoms with Gasteiger partial charge in [0, 0.05) is 6.20 Å². The van der Waals surface area contributed by atoms with E-state index in [4.69, 9.17) is 27.9 Å². The third-order valence-electron chi connectivity index (χ3n) is 2.63. The molecule has 0 N–H and O–H groups in total. The molecule has 0 fully saturated rings. The van der Waals surface area contributed by atoms with E-state index in [2.05, 4.69) is 0 Å². The van der Waals surface area contributed by atoms with Gasteiger partial charge < -0.3 is 9.30 Å². The lowest BCUT2D eigenvalue weighted by molar-refractivity contribution is 0.296. The molecule has 0 unspecified atom stereocenters. The second-order valence-corrected chi connectivity index (χ2v) is 5.01. The molecule has 1 heterocycles. The predicted molar refractivity (Wildman–Crippen MR) is 77.4 cm³/mol. The van der Waals surface area contributed by atoms with E-state index in [1.54, 1.807) is 6.20 Å². The van der Waals surface area contributed by atoms with Crippen LogP contribution in [0.2, 0.25) is 10.0 Å². The van der Waals surface area contributed by atoms with Crippen molar-refractivity contribution in [1.82, 2.24) is 4.57 Å². The maximum atomic E-state index is 11.7. The first-order valence-corrected chi connectivity index (χ1v) is 6.57. The molecule has 0 aliphatic heterocycles. The molecular weight excluding hydrogens is 285 g/mol. The lowest BCUT2D eigenvalue weighted by Crippen LogP contribution is -2.22. The Labute approximate surface area is 121 Å². The largest absolute Gasteiger partial charge is 0.492 e. The van der Waals surface area contributed by atoms with Crippen LogP contribution in [-0.2, 0) is 6.54 Å². The molecule has 0 bridgehead atoms. The number of pyridine rings is 1. The summed E-state index contributed by atoms with van der Waals surface area (Å²) in [5.74, 6) is 0.770. The zero-order chi connectivity index (χ0) is 13.8. The van der Waals surface area contributed by atoms with Gasteiger partial charge in [-0.05, 0) is 25.1 Å². The van der Waals surface area contributed by atoms with Crippen molar-refractivity contribution in [3.63, 3.8) is 0 Å². The average Bonchev–Trinajstić information content (AvgIpc) is 2.37. The highest BCUT2D eigenvalue weighted by molar-refractivity contribution is 6.34. The van der Waals surface area contributed by atoms with Crippen molar-refractivity contribution in [1.29, 1.82) is 0 Å². The average molecular weight is 298 g/mol. The van der Waals surface area contributed by atoms with Crippen LogP contribution in [0, 0.1) is 6.92 Å². The van der Waals surface area contributed by atoms with E-state index < -0.39 is 0 Å². The number of ether oxygens (including phenoxy) is 1. The van der Waals surface area contributed by atoms with Crippen molar-refractivity contribution in [2.24, 2.45) is 0 Å². The summed E-state index contributed by atoms with van der Waals surface area (Å²) in [5.41, 5.74) is 0.906. The Balaban J connectivity index is 2.00. The number of benzene rings is 1. The highest BCUT2D eigenvalue weighted by Crippen LogP contribution is 2.13. The van der Waals surface area contributed by atoms with Gasteiger partial charge >= 0.3 is 0 Å². The molecule has 0 aliphatic rings. The van der Waals surface area contributed by atoms with E-state index in [0.717, 1.165) is 5.75 Å². The Morgan fingerprint density at radius 1 is 1.21 bits per heavy atom. The zero-order valence-electron chi connectivity index (χ0n) is 10.4. The molecule has 19 heavy (non-hydrogen) atoms. The summed E-state index contributed by atoms with van der Waals surface area (Å²) in [5, 5.41) is 0.544. The maximum Gasteiger partial charge on any atom is 0.269 e. The second-order valence-electron chi connectivity index (χ2n) is 4.17. The van der Waals surface area contributed by atoms with Crippen molar-refractivity contribution < 1.29 is 4.74 Å². The fourth-order valence-corrected chi connectivity index (χ4v) is 2.14. The topological polar surface area (TPSA) is 31.2 Å². The SMILES string of the molecule is Cc1ccc(OCCn2cc(Cl)cc(Cl)c2=O)cc1. The highest BCUT2D eigenvalue weighted by Gasteiger charge is 2.03. The Bertz CT molecular complexity index is 620. The van der Waals surface area contributed by atoms with Crippen LogP contribution >= 0.6 is 23.2 Å². The third-order valence-corrected chi connectivity index (χ3v) is 3.11. The molecule has 2 aromatic rings. The molecule has 2 rings (SSSR count). The lowest BCUT2D eigenvalue weighted by atomic mass is 10.2. The van der Waals surface area contributed by atoms with Crippen LogP contribution in [0.15, 0.2) is 41.3 Å². The monoisotopic (exact) mass is 297 g/mol. The summed E-state index contributed by atoms with van der Waals surface area (Å²) in [6.45, 7) is 2.78. The van der Waals surface area contributed by atoms with Gasteiger partial charge in [-0.1, -0.05) is 40.9 Å². The summed E-state index contributed by atoms with van der Waals surface area (Å²) in [7, 11) is 0. The van der Waals surface area contributed by atoms with Crippen LogP contribution in [0.1, 0.15) is 5.56 Å². The minimum absolute atomic E-state index is 0.114. The molecule has 0 aliphatic carbocycles. The quantitative estimate of drug-likeness (QED) is 0.864. The van der Waals surface area contributed by atoms with Crippen molar-refractivity contribution in [3.05, 3.63) is 62.5 Å². The number of halogens is 2. The minimum atomic E-state index is -0.265.